The van der Waals surface area contributed by atoms with E-state index in [1.807, 2.05) is 38.1 Å². The van der Waals surface area contributed by atoms with E-state index in [0.29, 0.717) is 0 Å². The summed E-state index contributed by atoms with van der Waals surface area (Å²) in [6.45, 7) is 6.19. The summed E-state index contributed by atoms with van der Waals surface area (Å²) < 4.78 is 28.8. The molecule has 5 heteroatoms. The van der Waals surface area contributed by atoms with Crippen LogP contribution in [-0.2, 0) is 29.7 Å². The van der Waals surface area contributed by atoms with Gasteiger partial charge in [0.15, 0.2) is 25.4 Å². The SMILES string of the molecule is CCCCP1OC(c2ccccc2)(c2ccccc2)[C@@H]2OC(C)(C)O[C@H]2C(c2ccccc2)(c2ccccc2)O1. The minimum Gasteiger partial charge on any atom is -0.341 e. The van der Waals surface area contributed by atoms with Gasteiger partial charge in [-0.1, -0.05) is 135 Å². The lowest BCUT2D eigenvalue weighted by Gasteiger charge is -2.41. The molecular formula is C35H37O4P. The average Bonchev–Trinajstić information content (AvgIpc) is 3.28. The lowest BCUT2D eigenvalue weighted by Crippen LogP contribution is -2.53. The Bertz CT molecular complexity index is 1200. The molecule has 0 bridgehead atoms. The van der Waals surface area contributed by atoms with E-state index in [-0.39, 0.29) is 0 Å². The molecule has 2 heterocycles. The Morgan fingerprint density at radius 3 is 1.18 bits per heavy atom. The van der Waals surface area contributed by atoms with E-state index in [1.165, 1.54) is 0 Å². The Morgan fingerprint density at radius 2 is 0.875 bits per heavy atom. The number of hydrogen-bond acceptors (Lipinski definition) is 4. The lowest BCUT2D eigenvalue weighted by molar-refractivity contribution is -0.174. The second kappa shape index (κ2) is 11.2. The molecule has 0 aliphatic carbocycles. The van der Waals surface area contributed by atoms with E-state index in [2.05, 4.69) is 104 Å². The average molecular weight is 553 g/mol. The van der Waals surface area contributed by atoms with E-state index in [1.54, 1.807) is 0 Å². The molecule has 0 N–H and O–H groups in total. The van der Waals surface area contributed by atoms with Crippen LogP contribution in [0.4, 0.5) is 0 Å². The van der Waals surface area contributed by atoms with Gasteiger partial charge < -0.3 is 18.5 Å². The van der Waals surface area contributed by atoms with Crippen LogP contribution in [0.2, 0.25) is 0 Å². The van der Waals surface area contributed by atoms with Crippen LogP contribution >= 0.6 is 8.38 Å². The summed E-state index contributed by atoms with van der Waals surface area (Å²) in [6, 6.07) is 41.9. The van der Waals surface area contributed by atoms with Crippen molar-refractivity contribution in [3.05, 3.63) is 144 Å². The largest absolute Gasteiger partial charge is 0.341 e. The fraction of sp³-hybridized carbons (Fsp3) is 0.314. The second-order valence-corrected chi connectivity index (χ2v) is 12.5. The zero-order chi connectivity index (χ0) is 27.6. The highest BCUT2D eigenvalue weighted by Crippen LogP contribution is 2.64. The summed E-state index contributed by atoms with van der Waals surface area (Å²) in [5.74, 6) is -0.866. The molecule has 0 saturated carbocycles. The molecule has 0 aromatic heterocycles. The van der Waals surface area contributed by atoms with Gasteiger partial charge in [0.2, 0.25) is 0 Å². The Balaban J connectivity index is 1.68. The number of benzene rings is 4. The van der Waals surface area contributed by atoms with Crippen LogP contribution in [0.25, 0.3) is 0 Å². The van der Waals surface area contributed by atoms with Crippen LogP contribution < -0.4 is 0 Å². The van der Waals surface area contributed by atoms with Gasteiger partial charge in [-0.2, -0.15) is 0 Å². The van der Waals surface area contributed by atoms with Gasteiger partial charge in [0.25, 0.3) is 0 Å². The van der Waals surface area contributed by atoms with Gasteiger partial charge in [-0.15, -0.1) is 0 Å². The maximum Gasteiger partial charge on any atom is 0.173 e. The van der Waals surface area contributed by atoms with Gasteiger partial charge >= 0.3 is 0 Å². The van der Waals surface area contributed by atoms with Crippen molar-refractivity contribution in [2.75, 3.05) is 6.16 Å². The molecule has 206 valence electrons. The Hall–Kier alpha value is -2.85. The van der Waals surface area contributed by atoms with Gasteiger partial charge in [-0.3, -0.25) is 0 Å². The zero-order valence-corrected chi connectivity index (χ0v) is 24.3. The van der Waals surface area contributed by atoms with E-state index in [4.69, 9.17) is 18.5 Å². The first-order valence-electron chi connectivity index (χ1n) is 14.2. The van der Waals surface area contributed by atoms with Crippen LogP contribution in [0.1, 0.15) is 55.9 Å². The molecule has 6 rings (SSSR count). The molecule has 2 aliphatic heterocycles. The molecule has 0 unspecified atom stereocenters. The maximum atomic E-state index is 7.42. The van der Waals surface area contributed by atoms with Crippen LogP contribution in [-0.4, -0.2) is 24.2 Å². The maximum absolute atomic E-state index is 7.42. The third kappa shape index (κ3) is 4.72. The van der Waals surface area contributed by atoms with Crippen molar-refractivity contribution < 1.29 is 18.5 Å². The van der Waals surface area contributed by atoms with Crippen LogP contribution in [0.15, 0.2) is 121 Å². The van der Waals surface area contributed by atoms with Gasteiger partial charge in [-0.25, -0.2) is 0 Å². The van der Waals surface area contributed by atoms with Gasteiger partial charge in [-0.05, 0) is 42.5 Å². The molecule has 0 amide bonds. The minimum absolute atomic E-state index is 0.512. The number of hydrogen-bond donors (Lipinski definition) is 0. The van der Waals surface area contributed by atoms with E-state index < -0.39 is 37.6 Å². The first kappa shape index (κ1) is 27.3. The highest BCUT2D eigenvalue weighted by atomic mass is 31.2. The topological polar surface area (TPSA) is 36.9 Å². The van der Waals surface area contributed by atoms with Crippen LogP contribution in [0, 0.1) is 0 Å². The second-order valence-electron chi connectivity index (χ2n) is 11.0. The molecule has 2 atom stereocenters. The fourth-order valence-electron chi connectivity index (χ4n) is 6.12. The summed E-state index contributed by atoms with van der Waals surface area (Å²) in [4.78, 5) is 0. The van der Waals surface area contributed by atoms with E-state index in [9.17, 15) is 0 Å². The number of unbranched alkanes of at least 4 members (excludes halogenated alkanes) is 1. The minimum atomic E-state index is -1.39. The van der Waals surface area contributed by atoms with Crippen molar-refractivity contribution in [2.45, 2.75) is 62.8 Å². The normalized spacial score (nSPS) is 23.3. The first-order valence-corrected chi connectivity index (χ1v) is 15.6. The van der Waals surface area contributed by atoms with Crippen LogP contribution in [0.5, 0.6) is 0 Å². The third-order valence-corrected chi connectivity index (χ3v) is 9.56. The van der Waals surface area contributed by atoms with E-state index in [0.717, 1.165) is 41.3 Å². The molecule has 4 aromatic rings. The summed E-state index contributed by atoms with van der Waals surface area (Å²) >= 11 is 0. The predicted molar refractivity (Wildman–Crippen MR) is 160 cm³/mol. The lowest BCUT2D eigenvalue weighted by atomic mass is 9.72. The Labute approximate surface area is 239 Å². The van der Waals surface area contributed by atoms with Crippen molar-refractivity contribution in [1.29, 1.82) is 0 Å². The molecule has 4 nitrogen and oxygen atoms in total. The third-order valence-electron chi connectivity index (χ3n) is 7.89. The summed E-state index contributed by atoms with van der Waals surface area (Å²) in [7, 11) is -1.39. The molecule has 2 aliphatic rings. The molecule has 2 saturated heterocycles. The summed E-state index contributed by atoms with van der Waals surface area (Å²) in [5.41, 5.74) is 2.21. The van der Waals surface area contributed by atoms with Crippen molar-refractivity contribution in [2.24, 2.45) is 0 Å². The quantitative estimate of drug-likeness (QED) is 0.215. The van der Waals surface area contributed by atoms with E-state index >= 15 is 0 Å². The number of rotatable bonds is 7. The molecule has 2 fully saturated rings. The van der Waals surface area contributed by atoms with Crippen molar-refractivity contribution in [3.8, 4) is 0 Å². The van der Waals surface area contributed by atoms with Gasteiger partial charge in [0.05, 0.1) is 0 Å². The summed E-state index contributed by atoms with van der Waals surface area (Å²) in [5, 5.41) is 0. The molecule has 0 spiro atoms. The van der Waals surface area contributed by atoms with Gasteiger partial charge in [0, 0.05) is 6.16 Å². The standard InChI is InChI=1S/C35H37O4P/c1-4-5-26-40-38-34(27-18-10-6-11-19-27,28-20-12-7-13-21-28)31-32(37-33(2,3)36-31)35(39-40,29-22-14-8-15-23-29)30-24-16-9-17-25-30/h6-25,31-32H,4-5,26H2,1-3H3/t31-,32-/m1/s1. The predicted octanol–water partition coefficient (Wildman–Crippen LogP) is 8.55. The monoisotopic (exact) mass is 552 g/mol. The van der Waals surface area contributed by atoms with Crippen molar-refractivity contribution >= 4 is 8.38 Å². The fourth-order valence-corrected chi connectivity index (χ4v) is 8.19. The molecule has 4 aromatic carbocycles. The smallest absolute Gasteiger partial charge is 0.173 e. The molecular weight excluding hydrogens is 515 g/mol. The molecule has 0 radical (unpaired) electrons. The number of fused-ring (bicyclic) bond motifs is 1. The number of ether oxygens (including phenoxy) is 2. The van der Waals surface area contributed by atoms with Crippen LogP contribution in [0.3, 0.4) is 0 Å². The van der Waals surface area contributed by atoms with Gasteiger partial charge in [0.1, 0.15) is 12.2 Å². The highest BCUT2D eigenvalue weighted by Gasteiger charge is 2.66. The Morgan fingerprint density at radius 1 is 0.550 bits per heavy atom. The zero-order valence-electron chi connectivity index (χ0n) is 23.4. The molecule has 40 heavy (non-hydrogen) atoms. The highest BCUT2D eigenvalue weighted by molar-refractivity contribution is 7.47. The van der Waals surface area contributed by atoms with Crippen molar-refractivity contribution in [3.63, 3.8) is 0 Å². The first-order chi connectivity index (χ1) is 19.5. The Kier molecular flexibility index (Phi) is 7.65. The van der Waals surface area contributed by atoms with Crippen molar-refractivity contribution in [1.82, 2.24) is 0 Å². The summed E-state index contributed by atoms with van der Waals surface area (Å²) in [6.07, 6.45) is 1.82.